The van der Waals surface area contributed by atoms with E-state index in [0.717, 1.165) is 5.56 Å². The molecule has 2 N–H and O–H groups in total. The van der Waals surface area contributed by atoms with Crippen molar-refractivity contribution >= 4 is 17.5 Å². The molecule has 1 heterocycles. The minimum Gasteiger partial charge on any atom is -0.481 e. The zero-order chi connectivity index (χ0) is 14.9. The monoisotopic (exact) mass is 299 g/mol. The van der Waals surface area contributed by atoms with Crippen LogP contribution in [0.2, 0.25) is 5.02 Å². The molecule has 1 aromatic carbocycles. The number of likely N-dealkylation sites (tertiary alicyclic amines) is 1. The van der Waals surface area contributed by atoms with Crippen LogP contribution in [0.15, 0.2) is 18.2 Å². The van der Waals surface area contributed by atoms with E-state index in [0.29, 0.717) is 10.8 Å². The topological polar surface area (TPSA) is 70.0 Å². The van der Waals surface area contributed by atoms with Crippen LogP contribution >= 0.6 is 11.6 Å². The van der Waals surface area contributed by atoms with Crippen molar-refractivity contribution < 1.29 is 19.7 Å². The molecule has 1 aliphatic rings. The lowest BCUT2D eigenvalue weighted by Crippen LogP contribution is -2.39. The summed E-state index contributed by atoms with van der Waals surface area (Å²) < 4.78 is 5.63. The SMILES string of the molecule is Cc1cc(Cl)ccc1OC(C)C(=O)N1C[C@@H](O)[C@@H](O)C1. The number of aliphatic hydroxyl groups is 2. The highest BCUT2D eigenvalue weighted by atomic mass is 35.5. The molecule has 6 heteroatoms. The first kappa shape index (κ1) is 15.1. The second kappa shape index (κ2) is 5.99. The number of hydrogen-bond donors (Lipinski definition) is 2. The lowest BCUT2D eigenvalue weighted by molar-refractivity contribution is -0.137. The summed E-state index contributed by atoms with van der Waals surface area (Å²) in [6.45, 7) is 3.76. The van der Waals surface area contributed by atoms with Gasteiger partial charge in [-0.3, -0.25) is 4.79 Å². The molecule has 1 amide bonds. The third-order valence-corrected chi connectivity index (χ3v) is 3.59. The van der Waals surface area contributed by atoms with Gasteiger partial charge in [0, 0.05) is 18.1 Å². The van der Waals surface area contributed by atoms with Gasteiger partial charge in [-0.25, -0.2) is 0 Å². The molecule has 1 fully saturated rings. The van der Waals surface area contributed by atoms with Crippen molar-refractivity contribution in [3.63, 3.8) is 0 Å². The third-order valence-electron chi connectivity index (χ3n) is 3.36. The number of amides is 1. The first-order valence-electron chi connectivity index (χ1n) is 6.46. The van der Waals surface area contributed by atoms with Gasteiger partial charge in [0.2, 0.25) is 0 Å². The van der Waals surface area contributed by atoms with E-state index in [4.69, 9.17) is 16.3 Å². The van der Waals surface area contributed by atoms with Gasteiger partial charge in [-0.05, 0) is 37.6 Å². The van der Waals surface area contributed by atoms with Crippen molar-refractivity contribution in [2.45, 2.75) is 32.2 Å². The molecule has 3 atom stereocenters. The number of halogens is 1. The van der Waals surface area contributed by atoms with Crippen molar-refractivity contribution in [3.8, 4) is 5.75 Å². The minimum atomic E-state index is -0.886. The first-order chi connectivity index (χ1) is 9.38. The Morgan fingerprint density at radius 2 is 2.00 bits per heavy atom. The molecular formula is C14H18ClNO4. The Kier molecular flexibility index (Phi) is 4.52. The lowest BCUT2D eigenvalue weighted by atomic mass is 10.2. The van der Waals surface area contributed by atoms with E-state index >= 15 is 0 Å². The maximum atomic E-state index is 12.2. The highest BCUT2D eigenvalue weighted by Crippen LogP contribution is 2.23. The van der Waals surface area contributed by atoms with E-state index in [1.807, 2.05) is 6.92 Å². The van der Waals surface area contributed by atoms with Crippen LogP contribution in [0.1, 0.15) is 12.5 Å². The highest BCUT2D eigenvalue weighted by Gasteiger charge is 2.35. The fraction of sp³-hybridized carbons (Fsp3) is 0.500. The standard InChI is InChI=1S/C14H18ClNO4/c1-8-5-10(15)3-4-13(8)20-9(2)14(19)16-6-11(17)12(18)7-16/h3-5,9,11-12,17-18H,6-7H2,1-2H3/t9?,11-,12+. The molecule has 5 nitrogen and oxygen atoms in total. The smallest absolute Gasteiger partial charge is 0.263 e. The molecule has 20 heavy (non-hydrogen) atoms. The van der Waals surface area contributed by atoms with Crippen molar-refractivity contribution in [1.29, 1.82) is 0 Å². The molecular weight excluding hydrogens is 282 g/mol. The zero-order valence-electron chi connectivity index (χ0n) is 11.4. The van der Waals surface area contributed by atoms with Crippen molar-refractivity contribution in [2.75, 3.05) is 13.1 Å². The lowest BCUT2D eigenvalue weighted by Gasteiger charge is -2.22. The van der Waals surface area contributed by atoms with Crippen LogP contribution in [0, 0.1) is 6.92 Å². The van der Waals surface area contributed by atoms with Crippen LogP contribution in [0.4, 0.5) is 0 Å². The van der Waals surface area contributed by atoms with E-state index in [1.165, 1.54) is 4.90 Å². The van der Waals surface area contributed by atoms with Crippen LogP contribution in [-0.4, -0.2) is 52.4 Å². The number of nitrogens with zero attached hydrogens (tertiary/aromatic N) is 1. The van der Waals surface area contributed by atoms with Gasteiger partial charge in [0.15, 0.2) is 6.10 Å². The Labute approximate surface area is 122 Å². The van der Waals surface area contributed by atoms with Gasteiger partial charge in [0.05, 0.1) is 12.2 Å². The molecule has 110 valence electrons. The number of aliphatic hydroxyl groups excluding tert-OH is 2. The van der Waals surface area contributed by atoms with Gasteiger partial charge in [0.25, 0.3) is 5.91 Å². The average Bonchev–Trinajstić information content (AvgIpc) is 2.72. The second-order valence-corrected chi connectivity index (χ2v) is 5.48. The summed E-state index contributed by atoms with van der Waals surface area (Å²) in [4.78, 5) is 13.6. The van der Waals surface area contributed by atoms with Crippen LogP contribution in [0.5, 0.6) is 5.75 Å². The van der Waals surface area contributed by atoms with Crippen LogP contribution in [-0.2, 0) is 4.79 Å². The van der Waals surface area contributed by atoms with E-state index in [2.05, 4.69) is 0 Å². The predicted molar refractivity (Wildman–Crippen MR) is 74.9 cm³/mol. The Hall–Kier alpha value is -1.30. The molecule has 0 radical (unpaired) electrons. The largest absolute Gasteiger partial charge is 0.481 e. The summed E-state index contributed by atoms with van der Waals surface area (Å²) in [6.07, 6.45) is -2.46. The number of rotatable bonds is 3. The number of hydrogen-bond acceptors (Lipinski definition) is 4. The number of β-amino-alcohol motifs (C(OH)–C–C–N with tert-alkyl or cyclic N) is 2. The Morgan fingerprint density at radius 1 is 1.40 bits per heavy atom. The minimum absolute atomic E-state index is 0.132. The zero-order valence-corrected chi connectivity index (χ0v) is 12.2. The van der Waals surface area contributed by atoms with Gasteiger partial charge in [0.1, 0.15) is 5.75 Å². The van der Waals surface area contributed by atoms with Crippen molar-refractivity contribution in [3.05, 3.63) is 28.8 Å². The maximum absolute atomic E-state index is 12.2. The second-order valence-electron chi connectivity index (χ2n) is 5.05. The van der Waals surface area contributed by atoms with Crippen molar-refractivity contribution in [2.24, 2.45) is 0 Å². The Balaban J connectivity index is 2.01. The fourth-order valence-corrected chi connectivity index (χ4v) is 2.42. The number of benzene rings is 1. The first-order valence-corrected chi connectivity index (χ1v) is 6.84. The van der Waals surface area contributed by atoms with Gasteiger partial charge in [-0.15, -0.1) is 0 Å². The van der Waals surface area contributed by atoms with Gasteiger partial charge in [-0.2, -0.15) is 0 Å². The summed E-state index contributed by atoms with van der Waals surface area (Å²) >= 11 is 5.87. The van der Waals surface area contributed by atoms with Gasteiger partial charge < -0.3 is 19.8 Å². The molecule has 1 aliphatic heterocycles. The van der Waals surface area contributed by atoms with Crippen molar-refractivity contribution in [1.82, 2.24) is 4.90 Å². The van der Waals surface area contributed by atoms with Gasteiger partial charge >= 0.3 is 0 Å². The molecule has 1 aromatic rings. The number of aryl methyl sites for hydroxylation is 1. The quantitative estimate of drug-likeness (QED) is 0.873. The van der Waals surface area contributed by atoms with Gasteiger partial charge in [-0.1, -0.05) is 11.6 Å². The summed E-state index contributed by atoms with van der Waals surface area (Å²) in [5.74, 6) is 0.338. The Morgan fingerprint density at radius 3 is 2.55 bits per heavy atom. The van der Waals surface area contributed by atoms with Crippen LogP contribution in [0.25, 0.3) is 0 Å². The molecule has 2 rings (SSSR count). The van der Waals surface area contributed by atoms with E-state index < -0.39 is 18.3 Å². The molecule has 0 bridgehead atoms. The summed E-state index contributed by atoms with van der Waals surface area (Å²) in [7, 11) is 0. The molecule has 0 aliphatic carbocycles. The molecule has 0 saturated carbocycles. The van der Waals surface area contributed by atoms with Crippen LogP contribution < -0.4 is 4.74 Å². The summed E-state index contributed by atoms with van der Waals surface area (Å²) in [5.41, 5.74) is 0.846. The Bertz CT molecular complexity index is 498. The average molecular weight is 300 g/mol. The fourth-order valence-electron chi connectivity index (χ4n) is 2.19. The molecule has 0 aromatic heterocycles. The summed E-state index contributed by atoms with van der Waals surface area (Å²) in [5, 5.41) is 19.5. The molecule has 1 saturated heterocycles. The maximum Gasteiger partial charge on any atom is 0.263 e. The number of carbonyl (C=O) groups is 1. The van der Waals surface area contributed by atoms with E-state index in [1.54, 1.807) is 25.1 Å². The highest BCUT2D eigenvalue weighted by molar-refractivity contribution is 6.30. The molecule has 1 unspecified atom stereocenters. The van der Waals surface area contributed by atoms with E-state index in [-0.39, 0.29) is 19.0 Å². The van der Waals surface area contributed by atoms with E-state index in [9.17, 15) is 15.0 Å². The normalized spacial score (nSPS) is 23.8. The summed E-state index contributed by atoms with van der Waals surface area (Å²) in [6, 6.07) is 5.18. The predicted octanol–water partition coefficient (Wildman–Crippen LogP) is 0.980. The third kappa shape index (κ3) is 3.23. The van der Waals surface area contributed by atoms with Crippen LogP contribution in [0.3, 0.4) is 0 Å². The number of ether oxygens (including phenoxy) is 1. The molecule has 0 spiro atoms. The number of carbonyl (C=O) groups excluding carboxylic acids is 1.